The number of aromatic nitrogens is 2. The third-order valence-corrected chi connectivity index (χ3v) is 1.32. The molecule has 0 radical (unpaired) electrons. The largest absolute Gasteiger partial charge is 0.471 e. The van der Waals surface area contributed by atoms with Crippen LogP contribution in [0.4, 0.5) is 26.3 Å². The molecule has 0 aliphatic rings. The fraction of sp³-hybridized carbons (Fsp3) is 0.667. The molecule has 0 fully saturated rings. The quantitative estimate of drug-likeness (QED) is 0.829. The second-order valence-electron chi connectivity index (χ2n) is 2.73. The summed E-state index contributed by atoms with van der Waals surface area (Å²) in [4.78, 5) is 2.87. The summed E-state index contributed by atoms with van der Waals surface area (Å²) in [7, 11) is 0. The molecular weight excluding hydrogens is 244 g/mol. The van der Waals surface area contributed by atoms with E-state index in [1.807, 2.05) is 5.32 Å². The maximum Gasteiger partial charge on any atom is 0.471 e. The molecule has 1 aromatic rings. The van der Waals surface area contributed by atoms with Gasteiger partial charge in [0.2, 0.25) is 0 Å². The number of rotatable bonds is 3. The van der Waals surface area contributed by atoms with E-state index in [4.69, 9.17) is 0 Å². The highest BCUT2D eigenvalue weighted by Gasteiger charge is 2.38. The van der Waals surface area contributed by atoms with E-state index in [-0.39, 0.29) is 0 Å². The maximum absolute atomic E-state index is 11.9. The van der Waals surface area contributed by atoms with Gasteiger partial charge in [0.05, 0.1) is 13.1 Å². The van der Waals surface area contributed by atoms with Gasteiger partial charge in [0, 0.05) is 0 Å². The summed E-state index contributed by atoms with van der Waals surface area (Å²) in [6.45, 7) is -1.90. The Kier molecular flexibility index (Phi) is 3.41. The van der Waals surface area contributed by atoms with Crippen LogP contribution < -0.4 is 5.32 Å². The molecule has 0 spiro atoms. The Hall–Kier alpha value is -1.32. The fourth-order valence-corrected chi connectivity index (χ4v) is 0.757. The highest BCUT2D eigenvalue weighted by molar-refractivity contribution is 4.89. The maximum atomic E-state index is 11.9. The van der Waals surface area contributed by atoms with Crippen molar-refractivity contribution < 1.29 is 30.9 Å². The molecule has 1 rings (SSSR count). The van der Waals surface area contributed by atoms with E-state index in [0.717, 1.165) is 0 Å². The van der Waals surface area contributed by atoms with Crippen molar-refractivity contribution in [3.63, 3.8) is 0 Å². The SMILES string of the molecule is FC(F)(F)CNCc1noc(C(F)(F)F)n1. The van der Waals surface area contributed by atoms with E-state index in [1.165, 1.54) is 0 Å². The predicted octanol–water partition coefficient (Wildman–Crippen LogP) is 1.74. The van der Waals surface area contributed by atoms with Gasteiger partial charge in [0.1, 0.15) is 0 Å². The van der Waals surface area contributed by atoms with Crippen LogP contribution in [0.25, 0.3) is 0 Å². The molecule has 0 aromatic carbocycles. The van der Waals surface area contributed by atoms with E-state index < -0.39 is 37.2 Å². The monoisotopic (exact) mass is 249 g/mol. The normalized spacial score (nSPS) is 13.1. The molecule has 10 heteroatoms. The molecule has 0 atom stereocenters. The van der Waals surface area contributed by atoms with Crippen LogP contribution in [0.3, 0.4) is 0 Å². The van der Waals surface area contributed by atoms with Crippen LogP contribution >= 0.6 is 0 Å². The molecule has 92 valence electrons. The molecular formula is C6H5F6N3O. The number of nitrogens with one attached hydrogen (secondary N) is 1. The van der Waals surface area contributed by atoms with Gasteiger partial charge in [-0.15, -0.1) is 0 Å². The predicted molar refractivity (Wildman–Crippen MR) is 37.1 cm³/mol. The standard InChI is InChI=1S/C6H5F6N3O/c7-5(8,9)2-13-1-3-14-4(16-15-3)6(10,11)12/h13H,1-2H2. The molecule has 1 N–H and O–H groups in total. The van der Waals surface area contributed by atoms with Crippen molar-refractivity contribution in [2.24, 2.45) is 0 Å². The van der Waals surface area contributed by atoms with E-state index >= 15 is 0 Å². The van der Waals surface area contributed by atoms with Crippen LogP contribution in [0.15, 0.2) is 4.52 Å². The third-order valence-electron chi connectivity index (χ3n) is 1.32. The van der Waals surface area contributed by atoms with Gasteiger partial charge in [-0.05, 0) is 0 Å². The molecule has 16 heavy (non-hydrogen) atoms. The van der Waals surface area contributed by atoms with Gasteiger partial charge in [-0.25, -0.2) is 0 Å². The lowest BCUT2D eigenvalue weighted by Gasteiger charge is -2.05. The Labute approximate surface area is 84.6 Å². The van der Waals surface area contributed by atoms with Gasteiger partial charge in [0.25, 0.3) is 0 Å². The Morgan fingerprint density at radius 2 is 1.75 bits per heavy atom. The molecule has 0 bridgehead atoms. The van der Waals surface area contributed by atoms with Gasteiger partial charge < -0.3 is 9.84 Å². The van der Waals surface area contributed by atoms with Crippen LogP contribution in [0.1, 0.15) is 11.7 Å². The van der Waals surface area contributed by atoms with Crippen molar-refractivity contribution in [2.45, 2.75) is 18.9 Å². The fourth-order valence-electron chi connectivity index (χ4n) is 0.757. The summed E-state index contributed by atoms with van der Waals surface area (Å²) in [5, 5.41) is 4.70. The highest BCUT2D eigenvalue weighted by atomic mass is 19.4. The number of alkyl halides is 6. The van der Waals surface area contributed by atoms with Gasteiger partial charge in [0.15, 0.2) is 5.82 Å². The minimum atomic E-state index is -4.80. The summed E-state index contributed by atoms with van der Waals surface area (Å²) in [6.07, 6.45) is -9.24. The molecule has 0 aliphatic carbocycles. The smallest absolute Gasteiger partial charge is 0.329 e. The minimum absolute atomic E-state index is 0.489. The summed E-state index contributed by atoms with van der Waals surface area (Å²) < 4.78 is 74.5. The van der Waals surface area contributed by atoms with Crippen molar-refractivity contribution in [2.75, 3.05) is 6.54 Å². The van der Waals surface area contributed by atoms with Crippen molar-refractivity contribution in [1.82, 2.24) is 15.5 Å². The van der Waals surface area contributed by atoms with E-state index in [0.29, 0.717) is 0 Å². The molecule has 0 amide bonds. The zero-order valence-corrected chi connectivity index (χ0v) is 7.48. The van der Waals surface area contributed by atoms with Crippen LogP contribution in [0.5, 0.6) is 0 Å². The average Bonchev–Trinajstić information content (AvgIpc) is 2.49. The Bertz CT molecular complexity index is 343. The minimum Gasteiger partial charge on any atom is -0.329 e. The van der Waals surface area contributed by atoms with Gasteiger partial charge in [-0.2, -0.15) is 31.3 Å². The molecule has 1 aromatic heterocycles. The summed E-state index contributed by atoms with van der Waals surface area (Å²) in [5.74, 6) is -2.08. The van der Waals surface area contributed by atoms with Crippen molar-refractivity contribution in [1.29, 1.82) is 0 Å². The molecule has 1 heterocycles. The van der Waals surface area contributed by atoms with Crippen LogP contribution in [0, 0.1) is 0 Å². The number of nitrogens with zero attached hydrogens (tertiary/aromatic N) is 2. The average molecular weight is 249 g/mol. The zero-order valence-electron chi connectivity index (χ0n) is 7.48. The van der Waals surface area contributed by atoms with Gasteiger partial charge in [-0.3, -0.25) is 0 Å². The molecule has 4 nitrogen and oxygen atoms in total. The lowest BCUT2D eigenvalue weighted by Crippen LogP contribution is -2.28. The number of hydrogen-bond acceptors (Lipinski definition) is 4. The second kappa shape index (κ2) is 4.28. The van der Waals surface area contributed by atoms with E-state index in [1.54, 1.807) is 0 Å². The van der Waals surface area contributed by atoms with E-state index in [2.05, 4.69) is 14.7 Å². The first-order valence-electron chi connectivity index (χ1n) is 3.86. The van der Waals surface area contributed by atoms with Crippen LogP contribution in [0.2, 0.25) is 0 Å². The first-order chi connectivity index (χ1) is 7.18. The zero-order chi connectivity index (χ0) is 12.4. The van der Waals surface area contributed by atoms with Gasteiger partial charge in [-0.1, -0.05) is 5.16 Å². The van der Waals surface area contributed by atoms with Crippen molar-refractivity contribution in [3.8, 4) is 0 Å². The van der Waals surface area contributed by atoms with E-state index in [9.17, 15) is 26.3 Å². The summed E-state index contributed by atoms with van der Waals surface area (Å²) in [5.41, 5.74) is 0. The summed E-state index contributed by atoms with van der Waals surface area (Å²) in [6, 6.07) is 0. The highest BCUT2D eigenvalue weighted by Crippen LogP contribution is 2.27. The number of halogens is 6. The topological polar surface area (TPSA) is 51.0 Å². The second-order valence-corrected chi connectivity index (χ2v) is 2.73. The Morgan fingerprint density at radius 1 is 1.12 bits per heavy atom. The summed E-state index contributed by atoms with van der Waals surface area (Å²) >= 11 is 0. The first-order valence-corrected chi connectivity index (χ1v) is 3.86. The first kappa shape index (κ1) is 12.7. The third kappa shape index (κ3) is 4.04. The van der Waals surface area contributed by atoms with Crippen molar-refractivity contribution >= 4 is 0 Å². The Morgan fingerprint density at radius 3 is 2.19 bits per heavy atom. The molecule has 0 unspecified atom stereocenters. The molecule has 0 saturated carbocycles. The molecule has 0 aliphatic heterocycles. The van der Waals surface area contributed by atoms with Crippen LogP contribution in [-0.2, 0) is 12.7 Å². The van der Waals surface area contributed by atoms with Gasteiger partial charge >= 0.3 is 18.2 Å². The Balaban J connectivity index is 2.48. The lowest BCUT2D eigenvalue weighted by molar-refractivity contribution is -0.159. The van der Waals surface area contributed by atoms with Crippen molar-refractivity contribution in [3.05, 3.63) is 11.7 Å². The van der Waals surface area contributed by atoms with Crippen LogP contribution in [-0.4, -0.2) is 22.9 Å². The number of hydrogen-bond donors (Lipinski definition) is 1. The molecule has 0 saturated heterocycles. The lowest BCUT2D eigenvalue weighted by atomic mass is 10.5.